The van der Waals surface area contributed by atoms with E-state index in [0.29, 0.717) is 57.8 Å². The molecule has 0 radical (unpaired) electrons. The fraction of sp³-hybridized carbons (Fsp3) is 0.980. The third-order valence-electron chi connectivity index (χ3n) is 17.4. The highest BCUT2D eigenvalue weighted by atomic mass is 16.7. The minimum Gasteiger partial charge on any atom is -0.481 e. The van der Waals surface area contributed by atoms with Gasteiger partial charge >= 0.3 is 5.97 Å². The molecule has 0 amide bonds. The lowest BCUT2D eigenvalue weighted by Crippen LogP contribution is -2.59. The lowest BCUT2D eigenvalue weighted by atomic mass is 9.78. The van der Waals surface area contributed by atoms with Crippen LogP contribution in [0.1, 0.15) is 146 Å². The van der Waals surface area contributed by atoms with Crippen LogP contribution < -0.4 is 0 Å². The molecule has 16 nitrogen and oxygen atoms in total. The van der Waals surface area contributed by atoms with Crippen LogP contribution in [-0.4, -0.2) is 156 Å². The molecule has 16 heteroatoms. The molecule has 0 aliphatic carbocycles. The summed E-state index contributed by atoms with van der Waals surface area (Å²) in [7, 11) is 3.37. The van der Waals surface area contributed by atoms with Gasteiger partial charge in [0.15, 0.2) is 24.2 Å². The Labute approximate surface area is 393 Å². The second kappa shape index (κ2) is 20.9. The van der Waals surface area contributed by atoms with Crippen LogP contribution in [0.25, 0.3) is 0 Å². The minimum absolute atomic E-state index is 0.0153. The lowest BCUT2D eigenvalue weighted by molar-refractivity contribution is -0.343. The number of aliphatic carboxylic acids is 1. The van der Waals surface area contributed by atoms with E-state index in [-0.39, 0.29) is 66.7 Å². The van der Waals surface area contributed by atoms with Gasteiger partial charge in [0.1, 0.15) is 5.60 Å². The average molecular weight is 943 g/mol. The molecule has 0 aromatic heterocycles. The van der Waals surface area contributed by atoms with Crippen LogP contribution in [0.4, 0.5) is 0 Å². The summed E-state index contributed by atoms with van der Waals surface area (Å²) in [4.78, 5) is 12.6. The van der Waals surface area contributed by atoms with E-state index >= 15 is 0 Å². The van der Waals surface area contributed by atoms with Crippen molar-refractivity contribution in [2.45, 2.75) is 255 Å². The van der Waals surface area contributed by atoms with Gasteiger partial charge in [-0.3, -0.25) is 4.79 Å². The highest BCUT2D eigenvalue weighted by Crippen LogP contribution is 2.56. The molecular weight excluding hydrogens is 857 g/mol. The second-order valence-electron chi connectivity index (χ2n) is 22.0. The molecule has 4 N–H and O–H groups in total. The van der Waals surface area contributed by atoms with Crippen molar-refractivity contribution < 1.29 is 77.3 Å². The second-order valence-corrected chi connectivity index (χ2v) is 22.0. The fourth-order valence-electron chi connectivity index (χ4n) is 13.2. The number of hydrogen-bond donors (Lipinski definition) is 4. The maximum Gasteiger partial charge on any atom is 0.308 e. The third kappa shape index (κ3) is 10.3. The summed E-state index contributed by atoms with van der Waals surface area (Å²) in [6.45, 7) is 19.4. The van der Waals surface area contributed by atoms with E-state index in [1.807, 2.05) is 34.6 Å². The number of ether oxygens (including phenoxy) is 11. The van der Waals surface area contributed by atoms with E-state index in [4.69, 9.17) is 52.1 Å². The Morgan fingerprint density at radius 2 is 1.44 bits per heavy atom. The number of carboxylic acid groups (broad SMARTS) is 1. The molecule has 0 unspecified atom stereocenters. The van der Waals surface area contributed by atoms with Crippen LogP contribution in [0, 0.1) is 35.5 Å². The largest absolute Gasteiger partial charge is 0.481 e. The van der Waals surface area contributed by atoms with Crippen molar-refractivity contribution in [3.8, 4) is 0 Å². The summed E-state index contributed by atoms with van der Waals surface area (Å²) in [5, 5.41) is 43.6. The van der Waals surface area contributed by atoms with Gasteiger partial charge in [0.05, 0.1) is 91.4 Å². The number of rotatable bonds is 16. The zero-order valence-electron chi connectivity index (χ0n) is 41.9. The molecule has 0 bridgehead atoms. The highest BCUT2D eigenvalue weighted by molar-refractivity contribution is 5.70. The van der Waals surface area contributed by atoms with Crippen LogP contribution >= 0.6 is 0 Å². The number of hydrogen-bond acceptors (Lipinski definition) is 15. The maximum atomic E-state index is 12.6. The van der Waals surface area contributed by atoms with E-state index in [9.17, 15) is 25.2 Å². The van der Waals surface area contributed by atoms with E-state index < -0.39 is 96.4 Å². The first-order chi connectivity index (χ1) is 31.2. The van der Waals surface area contributed by atoms with Gasteiger partial charge in [-0.15, -0.1) is 0 Å². The van der Waals surface area contributed by atoms with Crippen LogP contribution in [-0.2, 0) is 56.9 Å². The lowest BCUT2D eigenvalue weighted by Gasteiger charge is -2.49. The molecule has 24 atom stereocenters. The number of aliphatic hydroxyl groups excluding tert-OH is 2. The predicted octanol–water partition coefficient (Wildman–Crippen LogP) is 6.11. The Bertz CT molecular complexity index is 1610. The third-order valence-corrected chi connectivity index (χ3v) is 17.4. The van der Waals surface area contributed by atoms with Gasteiger partial charge in [0.2, 0.25) is 0 Å². The Morgan fingerprint density at radius 1 is 0.803 bits per heavy atom. The SMILES string of the molecule is CC[C@@H](O[C@H]1CC[C@H](OC)[C@@H](C)O1)[C@]1([C@@H]2O[C@@H]([C@H]3O[C@@](O)(CO)[C@H](C)C[C@@H]3C)C[C@@H]2C)CC[C@H]([C@]2(C)CC[C@]3(C[C@H](O)[C@@H](C)[C@@H]([C@@H](C)[C@@H](O[C@H]4CC[C@H](OC)[C@@H](C)O4)[C@H](C)C(=O)O)O3)O2)O1. The smallest absolute Gasteiger partial charge is 0.308 e. The minimum atomic E-state index is -1.65. The van der Waals surface area contributed by atoms with Gasteiger partial charge in [0.25, 0.3) is 0 Å². The van der Waals surface area contributed by atoms with Gasteiger partial charge in [-0.25, -0.2) is 0 Å². The van der Waals surface area contributed by atoms with E-state index in [0.717, 1.165) is 12.8 Å². The Morgan fingerprint density at radius 3 is 2.02 bits per heavy atom. The molecular formula is C50H86O16. The van der Waals surface area contributed by atoms with Crippen LogP contribution in [0.3, 0.4) is 0 Å². The zero-order chi connectivity index (χ0) is 48.1. The number of carboxylic acids is 1. The van der Waals surface area contributed by atoms with Gasteiger partial charge in [-0.1, -0.05) is 41.5 Å². The van der Waals surface area contributed by atoms with Crippen molar-refractivity contribution in [1.29, 1.82) is 0 Å². The van der Waals surface area contributed by atoms with Crippen molar-refractivity contribution in [2.24, 2.45) is 35.5 Å². The van der Waals surface area contributed by atoms with Crippen LogP contribution in [0.5, 0.6) is 0 Å². The molecule has 0 aromatic carbocycles. The molecule has 0 saturated carbocycles. The Balaban J connectivity index is 1.12. The van der Waals surface area contributed by atoms with Crippen LogP contribution in [0.2, 0.25) is 0 Å². The van der Waals surface area contributed by atoms with E-state index in [1.54, 1.807) is 21.1 Å². The summed E-state index contributed by atoms with van der Waals surface area (Å²) in [6, 6.07) is 0. The molecule has 7 rings (SSSR count). The van der Waals surface area contributed by atoms with E-state index in [2.05, 4.69) is 27.7 Å². The van der Waals surface area contributed by atoms with Gasteiger partial charge in [-0.2, -0.15) is 0 Å². The fourth-order valence-corrected chi connectivity index (χ4v) is 13.2. The van der Waals surface area contributed by atoms with Crippen molar-refractivity contribution in [1.82, 2.24) is 0 Å². The topological polar surface area (TPSA) is 200 Å². The first kappa shape index (κ1) is 52.7. The molecule has 7 heterocycles. The van der Waals surface area contributed by atoms with Crippen molar-refractivity contribution >= 4 is 5.97 Å². The highest BCUT2D eigenvalue weighted by Gasteiger charge is 2.65. The summed E-state index contributed by atoms with van der Waals surface area (Å²) >= 11 is 0. The molecule has 7 aliphatic heterocycles. The molecule has 7 fully saturated rings. The summed E-state index contributed by atoms with van der Waals surface area (Å²) in [6.07, 6.45) is 1.79. The number of aliphatic hydroxyl groups is 3. The maximum absolute atomic E-state index is 12.6. The van der Waals surface area contributed by atoms with Crippen molar-refractivity contribution in [3.63, 3.8) is 0 Å². The standard InChI is InChI=1S/C50H86O16/c1-13-38(61-40-16-14-35(56-11)32(8)58-40)49(45-27(3)23-37(60-45)42-26(2)22-28(4)50(55,25-51)65-42)19-18-39(63-49)47(10)20-21-48(66-47)24-34(52)29(5)44(64-48)30(6)43(31(7)46(53)54)62-41-17-15-36(57-12)33(9)59-41/h26-45,51-52,55H,13-25H2,1-12H3,(H,53,54)/t26-,27-,28+,29+,30-,31-,32+,33+,34-,35-,36-,37+,38+,39+,40-,41-,42-,43+,44-,45+,47-,48+,49-,50-/m0/s1. The molecule has 7 saturated heterocycles. The first-order valence-corrected chi connectivity index (χ1v) is 25.5. The number of carbonyl (C=O) groups is 1. The van der Waals surface area contributed by atoms with Gasteiger partial charge in [-0.05, 0) is 90.9 Å². The zero-order valence-corrected chi connectivity index (χ0v) is 41.9. The van der Waals surface area contributed by atoms with E-state index in [1.165, 1.54) is 0 Å². The van der Waals surface area contributed by atoms with Crippen LogP contribution in [0.15, 0.2) is 0 Å². The van der Waals surface area contributed by atoms with Gasteiger partial charge < -0.3 is 72.5 Å². The summed E-state index contributed by atoms with van der Waals surface area (Å²) in [5.41, 5.74) is -1.73. The van der Waals surface area contributed by atoms with Crippen molar-refractivity contribution in [2.75, 3.05) is 20.8 Å². The normalized spacial score (nSPS) is 49.7. The Hall–Kier alpha value is -1.09. The molecule has 382 valence electrons. The quantitative estimate of drug-likeness (QED) is 0.138. The Kier molecular flexibility index (Phi) is 16.7. The molecule has 66 heavy (non-hydrogen) atoms. The predicted molar refractivity (Wildman–Crippen MR) is 240 cm³/mol. The first-order valence-electron chi connectivity index (χ1n) is 25.5. The van der Waals surface area contributed by atoms with Crippen molar-refractivity contribution in [3.05, 3.63) is 0 Å². The number of methoxy groups -OCH3 is 2. The summed E-state index contributed by atoms with van der Waals surface area (Å²) in [5.74, 6) is -5.55. The molecule has 7 aliphatic rings. The average Bonchev–Trinajstić information content (AvgIpc) is 4.00. The monoisotopic (exact) mass is 943 g/mol. The summed E-state index contributed by atoms with van der Waals surface area (Å²) < 4.78 is 72.8. The molecule has 1 spiro atoms. The van der Waals surface area contributed by atoms with Gasteiger partial charge in [0, 0.05) is 57.7 Å². The molecule has 0 aromatic rings.